The van der Waals surface area contributed by atoms with Gasteiger partial charge in [0.25, 0.3) is 0 Å². The number of fused-ring (bicyclic) bond motifs is 12. The molecule has 0 aliphatic rings. The Morgan fingerprint density at radius 2 is 0.526 bits per heavy atom. The fourth-order valence-corrected chi connectivity index (χ4v) is 12.2. The lowest BCUT2D eigenvalue weighted by Crippen LogP contribution is -1.89. The minimum absolute atomic E-state index is 0.838. The summed E-state index contributed by atoms with van der Waals surface area (Å²) in [6, 6.07) is 70.5. The summed E-state index contributed by atoms with van der Waals surface area (Å²) in [6.07, 6.45) is 0. The van der Waals surface area contributed by atoms with Crippen LogP contribution in [0.5, 0.6) is 0 Å². The molecule has 0 saturated heterocycles. The molecular weight excluding hydrogens is 929 g/mol. The number of aryl methyl sites for hydroxylation is 6. The molecule has 15 aromatic rings. The molecule has 15 rings (SSSR count). The van der Waals surface area contributed by atoms with E-state index in [1.165, 1.54) is 11.1 Å². The maximum Gasteiger partial charge on any atom is 0.143 e. The van der Waals surface area contributed by atoms with Gasteiger partial charge in [-0.1, -0.05) is 163 Å². The summed E-state index contributed by atoms with van der Waals surface area (Å²) in [7, 11) is 0. The van der Waals surface area contributed by atoms with Crippen molar-refractivity contribution in [2.75, 3.05) is 0 Å². The van der Waals surface area contributed by atoms with E-state index in [1.807, 2.05) is 0 Å². The van der Waals surface area contributed by atoms with Gasteiger partial charge in [-0.15, -0.1) is 0 Å². The van der Waals surface area contributed by atoms with Crippen molar-refractivity contribution in [3.63, 3.8) is 0 Å². The normalized spacial score (nSPS) is 12.1. The van der Waals surface area contributed by atoms with Crippen LogP contribution in [0.4, 0.5) is 0 Å². The highest BCUT2D eigenvalue weighted by Crippen LogP contribution is 2.48. The van der Waals surface area contributed by atoms with E-state index in [2.05, 4.69) is 236 Å². The predicted molar refractivity (Wildman–Crippen MR) is 317 cm³/mol. The number of hydrogen-bond donors (Lipinski definition) is 0. The number of hydrogen-bond acceptors (Lipinski definition) is 4. The van der Waals surface area contributed by atoms with E-state index < -0.39 is 0 Å². The molecule has 4 heterocycles. The van der Waals surface area contributed by atoms with Gasteiger partial charge >= 0.3 is 0 Å². The van der Waals surface area contributed by atoms with E-state index in [9.17, 15) is 0 Å². The van der Waals surface area contributed by atoms with E-state index in [4.69, 9.17) is 17.7 Å². The summed E-state index contributed by atoms with van der Waals surface area (Å²) in [6.45, 7) is 12.9. The average molecular weight is 979 g/mol. The van der Waals surface area contributed by atoms with Crippen molar-refractivity contribution < 1.29 is 17.7 Å². The summed E-state index contributed by atoms with van der Waals surface area (Å²) in [5.41, 5.74) is 26.7. The summed E-state index contributed by atoms with van der Waals surface area (Å²) in [4.78, 5) is 0. The molecule has 4 aromatic heterocycles. The third-order valence-corrected chi connectivity index (χ3v) is 15.9. The van der Waals surface area contributed by atoms with Gasteiger partial charge in [-0.05, 0) is 145 Å². The highest BCUT2D eigenvalue weighted by atomic mass is 16.3. The predicted octanol–water partition coefficient (Wildman–Crippen LogP) is 21.1. The first-order chi connectivity index (χ1) is 37.1. The van der Waals surface area contributed by atoms with Crippen molar-refractivity contribution >= 4 is 87.8 Å². The Hall–Kier alpha value is -9.38. The lowest BCUT2D eigenvalue weighted by Gasteiger charge is -2.14. The van der Waals surface area contributed by atoms with E-state index in [0.29, 0.717) is 0 Å². The highest BCUT2D eigenvalue weighted by Gasteiger charge is 2.24. The van der Waals surface area contributed by atoms with Crippen LogP contribution >= 0.6 is 0 Å². The SMILES string of the molecule is Cc1cc(-c2cc(-c3cccc(C)c3)c3oc4c(-c5cccc(C)c5)cccc4c3c2)cc(-c2cc(-c3cc(-c4cccc5c4oc4c(C)cccc45)c4oc5c(C)cccc5c4c3)cc3c2oc2c(C)cccc23)c1. The molecule has 11 aromatic carbocycles. The second kappa shape index (κ2) is 16.6. The number of benzene rings is 11. The van der Waals surface area contributed by atoms with Crippen molar-refractivity contribution in [2.45, 2.75) is 41.5 Å². The summed E-state index contributed by atoms with van der Waals surface area (Å²) < 4.78 is 27.9. The van der Waals surface area contributed by atoms with Crippen molar-refractivity contribution in [2.24, 2.45) is 0 Å². The second-order valence-electron chi connectivity index (χ2n) is 21.2. The van der Waals surface area contributed by atoms with Gasteiger partial charge in [0.15, 0.2) is 0 Å². The number of para-hydroxylation sites is 5. The Bertz CT molecular complexity index is 4950. The van der Waals surface area contributed by atoms with Crippen LogP contribution in [0.15, 0.2) is 212 Å². The fraction of sp³-hybridized carbons (Fsp3) is 0.0833. The Labute approximate surface area is 439 Å². The quantitative estimate of drug-likeness (QED) is 0.167. The minimum Gasteiger partial charge on any atom is -0.455 e. The van der Waals surface area contributed by atoms with Gasteiger partial charge in [-0.2, -0.15) is 0 Å². The third-order valence-electron chi connectivity index (χ3n) is 15.9. The van der Waals surface area contributed by atoms with E-state index in [-0.39, 0.29) is 0 Å². The molecule has 0 atom stereocenters. The summed E-state index contributed by atoms with van der Waals surface area (Å²) >= 11 is 0. The molecule has 4 nitrogen and oxygen atoms in total. The van der Waals surface area contributed by atoms with Gasteiger partial charge < -0.3 is 17.7 Å². The second-order valence-corrected chi connectivity index (χ2v) is 21.2. The van der Waals surface area contributed by atoms with Crippen molar-refractivity contribution in [1.29, 1.82) is 0 Å². The van der Waals surface area contributed by atoms with Gasteiger partial charge in [0.2, 0.25) is 0 Å². The molecule has 0 saturated carbocycles. The lowest BCUT2D eigenvalue weighted by atomic mass is 9.89. The molecule has 76 heavy (non-hydrogen) atoms. The smallest absolute Gasteiger partial charge is 0.143 e. The molecule has 362 valence electrons. The first-order valence-electron chi connectivity index (χ1n) is 26.2. The Morgan fingerprint density at radius 3 is 1.05 bits per heavy atom. The van der Waals surface area contributed by atoms with Crippen molar-refractivity contribution in [1.82, 2.24) is 0 Å². The third kappa shape index (κ3) is 6.77. The Morgan fingerprint density at radius 1 is 0.197 bits per heavy atom. The molecule has 0 fully saturated rings. The number of furan rings is 4. The maximum absolute atomic E-state index is 7.06. The zero-order chi connectivity index (χ0) is 51.1. The van der Waals surface area contributed by atoms with E-state index in [0.717, 1.165) is 177 Å². The molecule has 0 amide bonds. The van der Waals surface area contributed by atoms with Gasteiger partial charge in [0.05, 0.1) is 0 Å². The molecule has 4 heteroatoms. The monoisotopic (exact) mass is 978 g/mol. The Kier molecular flexibility index (Phi) is 9.62. The lowest BCUT2D eigenvalue weighted by molar-refractivity contribution is 0.662. The van der Waals surface area contributed by atoms with E-state index >= 15 is 0 Å². The molecule has 0 aliphatic carbocycles. The van der Waals surface area contributed by atoms with E-state index in [1.54, 1.807) is 0 Å². The standard InChI is InChI=1S/C72H50O4/c1-39-14-7-19-45(28-39)52-21-12-26-57-63-35-48(33-59(70(63)76-68(52)57)46-20-8-15-40(2)29-46)47-30-41(3)31-51(32-47)60-34-49(36-61-55-23-10-17-43(5)66(55)74-71(60)61)50-37-62-56-24-11-18-44(6)67(56)75-72(62)64(38-50)58-27-13-25-54-53-22-9-16-42(4)65(53)73-69(54)58/h7-38H,1-6H3. The zero-order valence-electron chi connectivity index (χ0n) is 43.1. The van der Waals surface area contributed by atoms with Crippen LogP contribution in [-0.4, -0.2) is 0 Å². The molecule has 0 N–H and O–H groups in total. The maximum atomic E-state index is 7.06. The first-order valence-corrected chi connectivity index (χ1v) is 26.2. The van der Waals surface area contributed by atoms with Gasteiger partial charge in [-0.25, -0.2) is 0 Å². The number of rotatable bonds is 6. The topological polar surface area (TPSA) is 52.6 Å². The van der Waals surface area contributed by atoms with Crippen LogP contribution in [0, 0.1) is 41.5 Å². The molecule has 0 spiro atoms. The van der Waals surface area contributed by atoms with Crippen LogP contribution < -0.4 is 0 Å². The Balaban J connectivity index is 0.976. The molecular formula is C72H50O4. The molecule has 0 aliphatic heterocycles. The van der Waals surface area contributed by atoms with Gasteiger partial charge in [-0.3, -0.25) is 0 Å². The average Bonchev–Trinajstić information content (AvgIpc) is 4.22. The molecule has 0 radical (unpaired) electrons. The fourth-order valence-electron chi connectivity index (χ4n) is 12.2. The molecule has 0 bridgehead atoms. The summed E-state index contributed by atoms with van der Waals surface area (Å²) in [5, 5.41) is 8.66. The first kappa shape index (κ1) is 44.1. The van der Waals surface area contributed by atoms with Crippen LogP contribution in [0.3, 0.4) is 0 Å². The molecule has 0 unspecified atom stereocenters. The van der Waals surface area contributed by atoms with Crippen LogP contribution in [-0.2, 0) is 0 Å². The highest BCUT2D eigenvalue weighted by molar-refractivity contribution is 6.19. The van der Waals surface area contributed by atoms with Crippen LogP contribution in [0.1, 0.15) is 33.4 Å². The van der Waals surface area contributed by atoms with Crippen LogP contribution in [0.25, 0.3) is 155 Å². The minimum atomic E-state index is 0.838. The van der Waals surface area contributed by atoms with Gasteiger partial charge in [0, 0.05) is 70.9 Å². The van der Waals surface area contributed by atoms with Crippen molar-refractivity contribution in [3.05, 3.63) is 228 Å². The zero-order valence-corrected chi connectivity index (χ0v) is 43.1. The van der Waals surface area contributed by atoms with Gasteiger partial charge in [0.1, 0.15) is 44.7 Å². The van der Waals surface area contributed by atoms with Crippen LogP contribution in [0.2, 0.25) is 0 Å². The summed E-state index contributed by atoms with van der Waals surface area (Å²) in [5.74, 6) is 0. The largest absolute Gasteiger partial charge is 0.455 e. The van der Waals surface area contributed by atoms with Crippen molar-refractivity contribution in [3.8, 4) is 66.8 Å².